The summed E-state index contributed by atoms with van der Waals surface area (Å²) in [6.45, 7) is 6.87. The van der Waals surface area contributed by atoms with Gasteiger partial charge in [-0.15, -0.1) is 0 Å². The zero-order valence-corrected chi connectivity index (χ0v) is 7.43. The summed E-state index contributed by atoms with van der Waals surface area (Å²) in [6.07, 6.45) is 3.83. The van der Waals surface area contributed by atoms with Crippen LogP contribution in [0.15, 0.2) is 0 Å². The molecule has 0 heterocycles. The van der Waals surface area contributed by atoms with Gasteiger partial charge in [-0.2, -0.15) is 0 Å². The molecule has 62 valence electrons. The van der Waals surface area contributed by atoms with Crippen molar-refractivity contribution in [3.8, 4) is 0 Å². The van der Waals surface area contributed by atoms with Crippen LogP contribution in [-0.4, -0.2) is 11.7 Å². The van der Waals surface area contributed by atoms with Crippen LogP contribution in [0.4, 0.5) is 0 Å². The van der Waals surface area contributed by atoms with Crippen LogP contribution in [0, 0.1) is 11.8 Å². The minimum atomic E-state index is 0.338. The molecular weight excluding hydrogens is 124 g/mol. The van der Waals surface area contributed by atoms with E-state index in [4.69, 9.17) is 5.11 Å². The lowest BCUT2D eigenvalue weighted by Crippen LogP contribution is -2.11. The van der Waals surface area contributed by atoms with Crippen molar-refractivity contribution in [3.63, 3.8) is 0 Å². The van der Waals surface area contributed by atoms with Crippen LogP contribution in [0.1, 0.15) is 40.0 Å². The van der Waals surface area contributed by atoms with Gasteiger partial charge in [0, 0.05) is 6.61 Å². The first-order valence-electron chi connectivity index (χ1n) is 4.33. The summed E-state index contributed by atoms with van der Waals surface area (Å²) < 4.78 is 0. The van der Waals surface area contributed by atoms with Gasteiger partial charge in [0.25, 0.3) is 0 Å². The van der Waals surface area contributed by atoms with Gasteiger partial charge in [-0.25, -0.2) is 0 Å². The van der Waals surface area contributed by atoms with E-state index in [-0.39, 0.29) is 0 Å². The van der Waals surface area contributed by atoms with E-state index in [1.165, 1.54) is 19.3 Å². The van der Waals surface area contributed by atoms with Gasteiger partial charge in [0.1, 0.15) is 0 Å². The highest BCUT2D eigenvalue weighted by atomic mass is 16.3. The monoisotopic (exact) mass is 144 g/mol. The lowest BCUT2D eigenvalue weighted by Gasteiger charge is -2.16. The summed E-state index contributed by atoms with van der Waals surface area (Å²) in [6, 6.07) is 0. The molecule has 0 saturated heterocycles. The molecule has 0 saturated carbocycles. The van der Waals surface area contributed by atoms with Crippen LogP contribution >= 0.6 is 0 Å². The Hall–Kier alpha value is -0.0400. The molecule has 1 N–H and O–H groups in total. The zero-order chi connectivity index (χ0) is 7.98. The molecule has 0 aromatic rings. The summed E-state index contributed by atoms with van der Waals surface area (Å²) in [5.74, 6) is 1.16. The lowest BCUT2D eigenvalue weighted by molar-refractivity contribution is 0.189. The Kier molecular flexibility index (Phi) is 5.70. The van der Waals surface area contributed by atoms with E-state index in [1.54, 1.807) is 0 Å². The number of rotatable bonds is 5. The third kappa shape index (κ3) is 3.89. The van der Waals surface area contributed by atoms with E-state index >= 15 is 0 Å². The van der Waals surface area contributed by atoms with E-state index in [9.17, 15) is 0 Å². The minimum absolute atomic E-state index is 0.338. The number of aliphatic hydroxyl groups is 1. The average Bonchev–Trinajstić information content (AvgIpc) is 1.98. The largest absolute Gasteiger partial charge is 0.396 e. The molecular formula is C9H20O. The third-order valence-corrected chi connectivity index (χ3v) is 2.27. The van der Waals surface area contributed by atoms with Crippen LogP contribution in [0.3, 0.4) is 0 Å². The number of hydrogen-bond donors (Lipinski definition) is 1. The summed E-state index contributed by atoms with van der Waals surface area (Å²) in [7, 11) is 0. The fraction of sp³-hybridized carbons (Fsp3) is 1.00. The quantitative estimate of drug-likeness (QED) is 0.628. The van der Waals surface area contributed by atoms with Crippen molar-refractivity contribution >= 4 is 0 Å². The van der Waals surface area contributed by atoms with Crippen molar-refractivity contribution in [1.82, 2.24) is 0 Å². The highest BCUT2D eigenvalue weighted by molar-refractivity contribution is 4.59. The maximum Gasteiger partial charge on any atom is 0.0459 e. The first-order valence-corrected chi connectivity index (χ1v) is 4.33. The van der Waals surface area contributed by atoms with Crippen molar-refractivity contribution in [3.05, 3.63) is 0 Å². The Labute approximate surface area is 64.5 Å². The van der Waals surface area contributed by atoms with E-state index in [1.807, 2.05) is 0 Å². The maximum absolute atomic E-state index is 8.80. The van der Waals surface area contributed by atoms with Crippen molar-refractivity contribution in [2.45, 2.75) is 40.0 Å². The predicted molar refractivity (Wildman–Crippen MR) is 44.9 cm³/mol. The molecule has 0 aliphatic rings. The third-order valence-electron chi connectivity index (χ3n) is 2.27. The second-order valence-corrected chi connectivity index (χ2v) is 3.28. The van der Waals surface area contributed by atoms with E-state index in [2.05, 4.69) is 20.8 Å². The van der Waals surface area contributed by atoms with Crippen molar-refractivity contribution in [1.29, 1.82) is 0 Å². The average molecular weight is 144 g/mol. The molecule has 0 aromatic carbocycles. The Morgan fingerprint density at radius 2 is 1.80 bits per heavy atom. The molecule has 0 spiro atoms. The highest BCUT2D eigenvalue weighted by Crippen LogP contribution is 2.16. The predicted octanol–water partition coefficient (Wildman–Crippen LogP) is 2.44. The van der Waals surface area contributed by atoms with Crippen molar-refractivity contribution in [2.75, 3.05) is 6.61 Å². The molecule has 0 bridgehead atoms. The highest BCUT2D eigenvalue weighted by Gasteiger charge is 2.09. The van der Waals surface area contributed by atoms with Gasteiger partial charge in [-0.3, -0.25) is 0 Å². The lowest BCUT2D eigenvalue weighted by atomic mass is 9.92. The molecule has 0 aromatic heterocycles. The zero-order valence-electron chi connectivity index (χ0n) is 7.43. The fourth-order valence-electron chi connectivity index (χ4n) is 0.991. The SMILES string of the molecule is CCCCC(C)C(C)CO. The molecule has 0 radical (unpaired) electrons. The number of unbranched alkanes of at least 4 members (excludes halogenated alkanes) is 1. The van der Waals surface area contributed by atoms with Gasteiger partial charge in [0.05, 0.1) is 0 Å². The number of hydrogen-bond acceptors (Lipinski definition) is 1. The van der Waals surface area contributed by atoms with Crippen LogP contribution in [-0.2, 0) is 0 Å². The second-order valence-electron chi connectivity index (χ2n) is 3.28. The van der Waals surface area contributed by atoms with Gasteiger partial charge in [-0.05, 0) is 11.8 Å². The van der Waals surface area contributed by atoms with E-state index < -0.39 is 0 Å². The van der Waals surface area contributed by atoms with E-state index in [0.29, 0.717) is 18.4 Å². The first-order chi connectivity index (χ1) is 4.72. The van der Waals surface area contributed by atoms with Crippen LogP contribution in [0.25, 0.3) is 0 Å². The van der Waals surface area contributed by atoms with Crippen molar-refractivity contribution < 1.29 is 5.11 Å². The molecule has 10 heavy (non-hydrogen) atoms. The summed E-state index contributed by atoms with van der Waals surface area (Å²) in [5.41, 5.74) is 0. The normalized spacial score (nSPS) is 16.8. The number of aliphatic hydroxyl groups excluding tert-OH is 1. The van der Waals surface area contributed by atoms with Gasteiger partial charge in [0.15, 0.2) is 0 Å². The fourth-order valence-corrected chi connectivity index (χ4v) is 0.991. The standard InChI is InChI=1S/C9H20O/c1-4-5-6-8(2)9(3)7-10/h8-10H,4-7H2,1-3H3. The smallest absolute Gasteiger partial charge is 0.0459 e. The summed E-state index contributed by atoms with van der Waals surface area (Å²) in [5, 5.41) is 8.80. The molecule has 1 heteroatoms. The molecule has 2 unspecified atom stereocenters. The molecule has 0 amide bonds. The van der Waals surface area contributed by atoms with Crippen molar-refractivity contribution in [2.24, 2.45) is 11.8 Å². The van der Waals surface area contributed by atoms with Crippen LogP contribution in [0.2, 0.25) is 0 Å². The van der Waals surface area contributed by atoms with Gasteiger partial charge >= 0.3 is 0 Å². The Morgan fingerprint density at radius 1 is 1.20 bits per heavy atom. The first kappa shape index (κ1) is 9.96. The Balaban J connectivity index is 3.31. The minimum Gasteiger partial charge on any atom is -0.396 e. The van der Waals surface area contributed by atoms with Gasteiger partial charge in [0.2, 0.25) is 0 Å². The molecule has 2 atom stereocenters. The maximum atomic E-state index is 8.80. The molecule has 0 fully saturated rings. The summed E-state index contributed by atoms with van der Waals surface area (Å²) >= 11 is 0. The Morgan fingerprint density at radius 3 is 2.20 bits per heavy atom. The summed E-state index contributed by atoms with van der Waals surface area (Å²) in [4.78, 5) is 0. The van der Waals surface area contributed by atoms with Crippen LogP contribution in [0.5, 0.6) is 0 Å². The molecule has 1 nitrogen and oxygen atoms in total. The van der Waals surface area contributed by atoms with Gasteiger partial charge in [-0.1, -0.05) is 40.0 Å². The van der Waals surface area contributed by atoms with Crippen LogP contribution < -0.4 is 0 Å². The molecule has 0 aliphatic heterocycles. The second kappa shape index (κ2) is 5.72. The van der Waals surface area contributed by atoms with E-state index in [0.717, 1.165) is 0 Å². The molecule has 0 rings (SSSR count). The Bertz CT molecular complexity index is 71.1. The molecule has 0 aliphatic carbocycles. The van der Waals surface area contributed by atoms with Gasteiger partial charge < -0.3 is 5.11 Å². The topological polar surface area (TPSA) is 20.2 Å².